The molecule has 2 rings (SSSR count). The number of nitrogens with two attached hydrogens (primary N) is 1. The number of benzene rings is 2. The minimum atomic E-state index is 0.112. The van der Waals surface area contributed by atoms with Crippen LogP contribution in [0.2, 0.25) is 0 Å². The van der Waals surface area contributed by atoms with Gasteiger partial charge in [-0.15, -0.1) is 0 Å². The van der Waals surface area contributed by atoms with Crippen LogP contribution in [0.4, 0.5) is 5.69 Å². The van der Waals surface area contributed by atoms with Gasteiger partial charge >= 0.3 is 0 Å². The third-order valence-corrected chi connectivity index (χ3v) is 4.19. The SMILES string of the molecule is Cc1cc(C)c(CC(=O)c2ccc(N)c(Br)c2)c(C)c1. The Hall–Kier alpha value is -1.61. The summed E-state index contributed by atoms with van der Waals surface area (Å²) in [5, 5.41) is 0. The Morgan fingerprint density at radius 1 is 1.10 bits per heavy atom. The lowest BCUT2D eigenvalue weighted by Crippen LogP contribution is -2.07. The highest BCUT2D eigenvalue weighted by molar-refractivity contribution is 9.10. The molecule has 2 aromatic rings. The van der Waals surface area contributed by atoms with Crippen LogP contribution in [0.3, 0.4) is 0 Å². The lowest BCUT2D eigenvalue weighted by molar-refractivity contribution is 0.0992. The Bertz CT molecular complexity index is 654. The summed E-state index contributed by atoms with van der Waals surface area (Å²) in [5.41, 5.74) is 11.8. The van der Waals surface area contributed by atoms with Crippen LogP contribution in [-0.2, 0) is 6.42 Å². The quantitative estimate of drug-likeness (QED) is 0.669. The van der Waals surface area contributed by atoms with Gasteiger partial charge in [0.05, 0.1) is 0 Å². The van der Waals surface area contributed by atoms with Gasteiger partial charge < -0.3 is 5.73 Å². The molecule has 20 heavy (non-hydrogen) atoms. The first-order valence-corrected chi connectivity index (χ1v) is 7.32. The molecule has 0 spiro atoms. The number of Topliss-reactive ketones (excluding diaryl/α,β-unsaturated/α-hetero) is 1. The van der Waals surface area contributed by atoms with Gasteiger partial charge in [0.1, 0.15) is 0 Å². The van der Waals surface area contributed by atoms with Gasteiger partial charge in [-0.25, -0.2) is 0 Å². The van der Waals surface area contributed by atoms with E-state index in [2.05, 4.69) is 48.8 Å². The molecule has 2 aromatic carbocycles. The van der Waals surface area contributed by atoms with Crippen molar-refractivity contribution in [3.05, 3.63) is 62.6 Å². The van der Waals surface area contributed by atoms with Crippen LogP contribution in [-0.4, -0.2) is 5.78 Å². The first-order chi connectivity index (χ1) is 9.38. The number of carbonyl (C=O) groups is 1. The van der Waals surface area contributed by atoms with Crippen molar-refractivity contribution in [3.63, 3.8) is 0 Å². The smallest absolute Gasteiger partial charge is 0.167 e. The zero-order valence-corrected chi connectivity index (χ0v) is 13.5. The molecule has 0 bridgehead atoms. The summed E-state index contributed by atoms with van der Waals surface area (Å²) < 4.78 is 0.765. The molecular formula is C17H18BrNO. The van der Waals surface area contributed by atoms with Crippen LogP contribution >= 0.6 is 15.9 Å². The molecule has 3 heteroatoms. The van der Waals surface area contributed by atoms with Crippen LogP contribution in [0, 0.1) is 20.8 Å². The van der Waals surface area contributed by atoms with E-state index in [-0.39, 0.29) is 5.78 Å². The number of nitrogen functional groups attached to an aromatic ring is 1. The minimum absolute atomic E-state index is 0.112. The summed E-state index contributed by atoms with van der Waals surface area (Å²) in [6.45, 7) is 6.19. The molecule has 2 N–H and O–H groups in total. The minimum Gasteiger partial charge on any atom is -0.398 e. The highest BCUT2D eigenvalue weighted by atomic mass is 79.9. The third kappa shape index (κ3) is 3.10. The van der Waals surface area contributed by atoms with Crippen molar-refractivity contribution in [2.75, 3.05) is 5.73 Å². The summed E-state index contributed by atoms with van der Waals surface area (Å²) >= 11 is 3.36. The highest BCUT2D eigenvalue weighted by Gasteiger charge is 2.12. The summed E-state index contributed by atoms with van der Waals surface area (Å²) in [6.07, 6.45) is 0.425. The second kappa shape index (κ2) is 5.80. The first-order valence-electron chi connectivity index (χ1n) is 6.53. The molecule has 0 aliphatic heterocycles. The van der Waals surface area contributed by atoms with Gasteiger partial charge in [0.15, 0.2) is 5.78 Å². The van der Waals surface area contributed by atoms with E-state index in [1.54, 1.807) is 18.2 Å². The number of hydrogen-bond acceptors (Lipinski definition) is 2. The van der Waals surface area contributed by atoms with Gasteiger partial charge in [-0.1, -0.05) is 17.7 Å². The van der Waals surface area contributed by atoms with E-state index in [1.165, 1.54) is 16.7 Å². The largest absolute Gasteiger partial charge is 0.398 e. The van der Waals surface area contributed by atoms with E-state index < -0.39 is 0 Å². The monoisotopic (exact) mass is 331 g/mol. The predicted molar refractivity (Wildman–Crippen MR) is 87.2 cm³/mol. The number of rotatable bonds is 3. The molecule has 0 aliphatic carbocycles. The number of ketones is 1. The molecule has 2 nitrogen and oxygen atoms in total. The average molecular weight is 332 g/mol. The third-order valence-electron chi connectivity index (χ3n) is 3.50. The van der Waals surface area contributed by atoms with Gasteiger partial charge in [0.25, 0.3) is 0 Å². The fourth-order valence-electron chi connectivity index (χ4n) is 2.45. The van der Waals surface area contributed by atoms with Gasteiger partial charge in [0.2, 0.25) is 0 Å². The van der Waals surface area contributed by atoms with Gasteiger partial charge in [-0.2, -0.15) is 0 Å². The molecule has 0 unspecified atom stereocenters. The Labute approximate surface area is 128 Å². The molecule has 0 fully saturated rings. The number of hydrogen-bond donors (Lipinski definition) is 1. The highest BCUT2D eigenvalue weighted by Crippen LogP contribution is 2.23. The molecule has 0 aromatic heterocycles. The molecule has 0 saturated carbocycles. The second-order valence-corrected chi connectivity index (χ2v) is 6.07. The van der Waals surface area contributed by atoms with Gasteiger partial charge in [0, 0.05) is 22.1 Å². The zero-order valence-electron chi connectivity index (χ0n) is 12.0. The van der Waals surface area contributed by atoms with Gasteiger partial charge in [-0.05, 0) is 71.6 Å². The topological polar surface area (TPSA) is 43.1 Å². The molecule has 104 valence electrons. The van der Waals surface area contributed by atoms with E-state index in [1.807, 2.05) is 0 Å². The fourth-order valence-corrected chi connectivity index (χ4v) is 2.83. The number of anilines is 1. The normalized spacial score (nSPS) is 10.6. The van der Waals surface area contributed by atoms with Crippen LogP contribution in [0.25, 0.3) is 0 Å². The van der Waals surface area contributed by atoms with E-state index in [4.69, 9.17) is 5.73 Å². The standard InChI is InChI=1S/C17H18BrNO/c1-10-6-11(2)14(12(3)7-10)9-17(20)13-4-5-16(19)15(18)8-13/h4-8H,9,19H2,1-3H3. The van der Waals surface area contributed by atoms with Crippen molar-refractivity contribution < 1.29 is 4.79 Å². The van der Waals surface area contributed by atoms with Crippen molar-refractivity contribution in [1.29, 1.82) is 0 Å². The number of aryl methyl sites for hydroxylation is 3. The Balaban J connectivity index is 2.30. The van der Waals surface area contributed by atoms with Crippen LogP contribution in [0.1, 0.15) is 32.6 Å². The lowest BCUT2D eigenvalue weighted by atomic mass is 9.94. The Kier molecular flexibility index (Phi) is 4.29. The Morgan fingerprint density at radius 2 is 1.70 bits per heavy atom. The van der Waals surface area contributed by atoms with Crippen molar-refractivity contribution in [3.8, 4) is 0 Å². The molecular weight excluding hydrogens is 314 g/mol. The summed E-state index contributed by atoms with van der Waals surface area (Å²) in [4.78, 5) is 12.4. The molecule has 0 radical (unpaired) electrons. The van der Waals surface area contributed by atoms with Crippen molar-refractivity contribution in [1.82, 2.24) is 0 Å². The van der Waals surface area contributed by atoms with Crippen molar-refractivity contribution >= 4 is 27.4 Å². The molecule has 0 saturated heterocycles. The van der Waals surface area contributed by atoms with Crippen LogP contribution in [0.5, 0.6) is 0 Å². The van der Waals surface area contributed by atoms with E-state index >= 15 is 0 Å². The second-order valence-electron chi connectivity index (χ2n) is 5.21. The molecule has 0 heterocycles. The number of halogens is 1. The molecule has 0 atom stereocenters. The molecule has 0 aliphatic rings. The molecule has 0 amide bonds. The average Bonchev–Trinajstić information content (AvgIpc) is 2.36. The van der Waals surface area contributed by atoms with E-state index in [9.17, 15) is 4.79 Å². The van der Waals surface area contributed by atoms with Gasteiger partial charge in [-0.3, -0.25) is 4.79 Å². The van der Waals surface area contributed by atoms with Crippen LogP contribution in [0.15, 0.2) is 34.8 Å². The number of carbonyl (C=O) groups excluding carboxylic acids is 1. The zero-order chi connectivity index (χ0) is 14.9. The first kappa shape index (κ1) is 14.8. The van der Waals surface area contributed by atoms with E-state index in [0.717, 1.165) is 10.0 Å². The van der Waals surface area contributed by atoms with Crippen molar-refractivity contribution in [2.24, 2.45) is 0 Å². The predicted octanol–water partition coefficient (Wildman–Crippen LogP) is 4.38. The fraction of sp³-hybridized carbons (Fsp3) is 0.235. The Morgan fingerprint density at radius 3 is 2.25 bits per heavy atom. The van der Waals surface area contributed by atoms with E-state index in [0.29, 0.717) is 17.7 Å². The van der Waals surface area contributed by atoms with Crippen molar-refractivity contribution in [2.45, 2.75) is 27.2 Å². The summed E-state index contributed by atoms with van der Waals surface area (Å²) in [5.74, 6) is 0.112. The summed E-state index contributed by atoms with van der Waals surface area (Å²) in [7, 11) is 0. The summed E-state index contributed by atoms with van der Waals surface area (Å²) in [6, 6.07) is 9.56. The maximum atomic E-state index is 12.4. The maximum Gasteiger partial charge on any atom is 0.167 e. The van der Waals surface area contributed by atoms with Crippen LogP contribution < -0.4 is 5.73 Å². The lowest BCUT2D eigenvalue weighted by Gasteiger charge is -2.11. The maximum absolute atomic E-state index is 12.4.